The summed E-state index contributed by atoms with van der Waals surface area (Å²) in [6.45, 7) is 2.28. The van der Waals surface area contributed by atoms with Crippen LogP contribution in [0.3, 0.4) is 0 Å². The maximum absolute atomic E-state index is 2.41. The third kappa shape index (κ3) is 4.94. The van der Waals surface area contributed by atoms with Crippen LogP contribution in [-0.4, -0.2) is 9.13 Å². The summed E-state index contributed by atoms with van der Waals surface area (Å²) in [5, 5.41) is 5.05. The summed E-state index contributed by atoms with van der Waals surface area (Å²) in [5.74, 6) is 0.577. The largest absolute Gasteiger partial charge is 0.309 e. The Kier molecular flexibility index (Phi) is 6.89. The van der Waals surface area contributed by atoms with E-state index in [0.717, 1.165) is 12.1 Å². The van der Waals surface area contributed by atoms with Crippen LogP contribution in [0.1, 0.15) is 18.9 Å². The van der Waals surface area contributed by atoms with Crippen LogP contribution in [0.5, 0.6) is 0 Å². The van der Waals surface area contributed by atoms with E-state index in [0.29, 0.717) is 5.92 Å². The van der Waals surface area contributed by atoms with Gasteiger partial charge >= 0.3 is 0 Å². The molecular weight excluding hydrogens is 617 g/mol. The van der Waals surface area contributed by atoms with E-state index in [1.54, 1.807) is 0 Å². The molecule has 9 aromatic rings. The Hall–Kier alpha value is -6.38. The van der Waals surface area contributed by atoms with E-state index in [2.05, 4.69) is 198 Å². The van der Waals surface area contributed by atoms with Gasteiger partial charge in [-0.3, -0.25) is 0 Å². The molecule has 0 bridgehead atoms. The summed E-state index contributed by atoms with van der Waals surface area (Å²) in [4.78, 5) is 0. The van der Waals surface area contributed by atoms with Crippen LogP contribution in [0.15, 0.2) is 182 Å². The van der Waals surface area contributed by atoms with Crippen LogP contribution in [0.4, 0.5) is 0 Å². The molecule has 242 valence electrons. The Morgan fingerprint density at radius 1 is 0.412 bits per heavy atom. The SMILES string of the molecule is CC1C=CC=C(c2ccc(-n3c4ccccc4c4cc(-c5ccc6c(c5)c5ccccc5n6-c5ccc(-c6ccccc6)cc5)ccc43)cc2)C1. The van der Waals surface area contributed by atoms with Gasteiger partial charge in [-0.05, 0) is 106 Å². The molecule has 2 nitrogen and oxygen atoms in total. The average molecular weight is 653 g/mol. The number of aromatic nitrogens is 2. The summed E-state index contributed by atoms with van der Waals surface area (Å²) >= 11 is 0. The smallest absolute Gasteiger partial charge is 0.0541 e. The highest BCUT2D eigenvalue weighted by atomic mass is 15.0. The number of rotatable bonds is 5. The van der Waals surface area contributed by atoms with Crippen molar-refractivity contribution >= 4 is 49.2 Å². The van der Waals surface area contributed by atoms with E-state index in [-0.39, 0.29) is 0 Å². The predicted molar refractivity (Wildman–Crippen MR) is 217 cm³/mol. The van der Waals surface area contributed by atoms with Gasteiger partial charge in [0.05, 0.1) is 22.1 Å². The van der Waals surface area contributed by atoms with Crippen molar-refractivity contribution in [1.82, 2.24) is 9.13 Å². The van der Waals surface area contributed by atoms with Gasteiger partial charge in [0, 0.05) is 32.9 Å². The van der Waals surface area contributed by atoms with Gasteiger partial charge in [-0.15, -0.1) is 0 Å². The fourth-order valence-corrected chi connectivity index (χ4v) is 8.18. The molecule has 0 saturated carbocycles. The molecule has 2 heterocycles. The van der Waals surface area contributed by atoms with E-state index in [9.17, 15) is 0 Å². The first-order chi connectivity index (χ1) is 25.2. The van der Waals surface area contributed by atoms with Crippen molar-refractivity contribution < 1.29 is 0 Å². The molecular formula is C49H36N2. The number of para-hydroxylation sites is 2. The molecule has 0 N–H and O–H groups in total. The molecule has 7 aromatic carbocycles. The van der Waals surface area contributed by atoms with Crippen molar-refractivity contribution in [2.24, 2.45) is 5.92 Å². The number of allylic oxidation sites excluding steroid dienone is 4. The molecule has 51 heavy (non-hydrogen) atoms. The molecule has 0 saturated heterocycles. The van der Waals surface area contributed by atoms with E-state index in [4.69, 9.17) is 0 Å². The molecule has 0 spiro atoms. The number of nitrogens with zero attached hydrogens (tertiary/aromatic N) is 2. The standard InChI is InChI=1S/C49H36N2/c1-33-10-9-13-37(30-33)36-20-26-41(27-21-36)51-47-17-8-6-15-43(47)45-32-39(23-29-49(45)51)38-22-28-48-44(31-38)42-14-5-7-16-46(42)50(48)40-24-18-35(19-25-40)34-11-3-2-4-12-34/h2-29,31-33H,30H2,1H3. The Balaban J connectivity index is 1.07. The minimum atomic E-state index is 0.577. The molecule has 1 aliphatic rings. The second-order valence-electron chi connectivity index (χ2n) is 13.9. The fraction of sp³-hybridized carbons (Fsp3) is 0.0612. The third-order valence-corrected chi connectivity index (χ3v) is 10.7. The second-order valence-corrected chi connectivity index (χ2v) is 13.9. The normalized spacial score (nSPS) is 14.5. The first-order valence-corrected chi connectivity index (χ1v) is 17.9. The first kappa shape index (κ1) is 29.5. The van der Waals surface area contributed by atoms with Crippen LogP contribution in [0, 0.1) is 5.92 Å². The zero-order valence-corrected chi connectivity index (χ0v) is 28.5. The Labute approximate surface area is 297 Å². The van der Waals surface area contributed by atoms with Crippen LogP contribution < -0.4 is 0 Å². The second kappa shape index (κ2) is 11.9. The summed E-state index contributed by atoms with van der Waals surface area (Å²) in [6.07, 6.45) is 7.83. The highest BCUT2D eigenvalue weighted by Gasteiger charge is 2.17. The van der Waals surface area contributed by atoms with Crippen molar-refractivity contribution in [3.05, 3.63) is 188 Å². The molecule has 1 unspecified atom stereocenters. The highest BCUT2D eigenvalue weighted by Crippen LogP contribution is 2.39. The Bertz CT molecular complexity index is 2810. The molecule has 0 fully saturated rings. The van der Waals surface area contributed by atoms with E-state index in [1.807, 2.05) is 0 Å². The fourth-order valence-electron chi connectivity index (χ4n) is 8.18. The van der Waals surface area contributed by atoms with Crippen molar-refractivity contribution in [2.75, 3.05) is 0 Å². The van der Waals surface area contributed by atoms with Gasteiger partial charge < -0.3 is 9.13 Å². The van der Waals surface area contributed by atoms with Crippen LogP contribution >= 0.6 is 0 Å². The Morgan fingerprint density at radius 3 is 1.41 bits per heavy atom. The van der Waals surface area contributed by atoms with Gasteiger partial charge in [-0.2, -0.15) is 0 Å². The molecule has 1 aliphatic carbocycles. The Morgan fingerprint density at radius 2 is 0.863 bits per heavy atom. The van der Waals surface area contributed by atoms with E-state index < -0.39 is 0 Å². The lowest BCUT2D eigenvalue weighted by Crippen LogP contribution is -1.98. The summed E-state index contributed by atoms with van der Waals surface area (Å²) in [5.41, 5.74) is 14.8. The maximum atomic E-state index is 2.41. The number of hydrogen-bond acceptors (Lipinski definition) is 0. The van der Waals surface area contributed by atoms with Crippen molar-refractivity contribution in [3.63, 3.8) is 0 Å². The minimum absolute atomic E-state index is 0.577. The number of fused-ring (bicyclic) bond motifs is 6. The zero-order chi connectivity index (χ0) is 33.9. The molecule has 0 amide bonds. The maximum Gasteiger partial charge on any atom is 0.0541 e. The molecule has 1 atom stereocenters. The molecule has 2 heteroatoms. The monoisotopic (exact) mass is 652 g/mol. The minimum Gasteiger partial charge on any atom is -0.309 e. The number of hydrogen-bond donors (Lipinski definition) is 0. The number of benzene rings is 7. The van der Waals surface area contributed by atoms with Crippen molar-refractivity contribution in [3.8, 4) is 33.6 Å². The summed E-state index contributed by atoms with van der Waals surface area (Å²) in [6, 6.07) is 60.1. The van der Waals surface area contributed by atoms with Gasteiger partial charge in [0.2, 0.25) is 0 Å². The van der Waals surface area contributed by atoms with Gasteiger partial charge in [0.15, 0.2) is 0 Å². The lowest BCUT2D eigenvalue weighted by atomic mass is 9.91. The molecule has 0 radical (unpaired) electrons. The highest BCUT2D eigenvalue weighted by molar-refractivity contribution is 6.12. The predicted octanol–water partition coefficient (Wildman–Crippen LogP) is 13.2. The first-order valence-electron chi connectivity index (χ1n) is 17.9. The topological polar surface area (TPSA) is 9.86 Å². The lowest BCUT2D eigenvalue weighted by Gasteiger charge is -2.15. The quantitative estimate of drug-likeness (QED) is 0.175. The third-order valence-electron chi connectivity index (χ3n) is 10.7. The summed E-state index contributed by atoms with van der Waals surface area (Å²) in [7, 11) is 0. The van der Waals surface area contributed by atoms with Crippen LogP contribution in [0.2, 0.25) is 0 Å². The lowest BCUT2D eigenvalue weighted by molar-refractivity contribution is 0.749. The van der Waals surface area contributed by atoms with Gasteiger partial charge in [0.1, 0.15) is 0 Å². The van der Waals surface area contributed by atoms with Crippen molar-refractivity contribution in [2.45, 2.75) is 13.3 Å². The van der Waals surface area contributed by atoms with E-state index in [1.165, 1.54) is 82.7 Å². The van der Waals surface area contributed by atoms with Gasteiger partial charge in [-0.25, -0.2) is 0 Å². The van der Waals surface area contributed by atoms with Gasteiger partial charge in [0.25, 0.3) is 0 Å². The zero-order valence-electron chi connectivity index (χ0n) is 28.5. The van der Waals surface area contributed by atoms with Crippen molar-refractivity contribution in [1.29, 1.82) is 0 Å². The van der Waals surface area contributed by atoms with Gasteiger partial charge in [-0.1, -0.05) is 128 Å². The average Bonchev–Trinajstić information content (AvgIpc) is 3.70. The molecule has 10 rings (SSSR count). The van der Waals surface area contributed by atoms with Crippen LogP contribution in [-0.2, 0) is 0 Å². The molecule has 0 aliphatic heterocycles. The van der Waals surface area contributed by atoms with Crippen LogP contribution in [0.25, 0.3) is 82.8 Å². The van der Waals surface area contributed by atoms with E-state index >= 15 is 0 Å². The summed E-state index contributed by atoms with van der Waals surface area (Å²) < 4.78 is 4.81. The molecule has 2 aromatic heterocycles.